The van der Waals surface area contributed by atoms with Gasteiger partial charge in [-0.2, -0.15) is 0 Å². The van der Waals surface area contributed by atoms with Gasteiger partial charge in [0.25, 0.3) is 5.91 Å². The van der Waals surface area contributed by atoms with E-state index in [1.165, 1.54) is 6.42 Å². The molecule has 1 aromatic heterocycles. The monoisotopic (exact) mass is 320 g/mol. The Labute approximate surface area is 121 Å². The van der Waals surface area contributed by atoms with Crippen molar-refractivity contribution < 1.29 is 4.79 Å². The number of H-pyrrole nitrogens is 1. The molecular formula is C15H17BrN2O. The summed E-state index contributed by atoms with van der Waals surface area (Å²) in [4.78, 5) is 17.8. The minimum Gasteiger partial charge on any atom is -0.350 e. The van der Waals surface area contributed by atoms with E-state index < -0.39 is 0 Å². The molecule has 1 aliphatic heterocycles. The van der Waals surface area contributed by atoms with Crippen LogP contribution >= 0.6 is 15.9 Å². The summed E-state index contributed by atoms with van der Waals surface area (Å²) in [5.74, 6) is 0.125. The summed E-state index contributed by atoms with van der Waals surface area (Å²) in [5.41, 5.74) is 1.70. The van der Waals surface area contributed by atoms with Crippen molar-refractivity contribution in [1.82, 2.24) is 9.88 Å². The second-order valence-corrected chi connectivity index (χ2v) is 6.17. The lowest BCUT2D eigenvalue weighted by Gasteiger charge is -2.33. The van der Waals surface area contributed by atoms with Gasteiger partial charge in [0, 0.05) is 28.0 Å². The Kier molecular flexibility index (Phi) is 3.35. The number of carbonyl (C=O) groups is 1. The number of aromatic amines is 1. The zero-order chi connectivity index (χ0) is 13.4. The third-order valence-electron chi connectivity index (χ3n) is 3.88. The summed E-state index contributed by atoms with van der Waals surface area (Å²) >= 11 is 3.45. The van der Waals surface area contributed by atoms with Gasteiger partial charge in [-0.05, 0) is 44.4 Å². The van der Waals surface area contributed by atoms with Crippen LogP contribution in [0, 0.1) is 0 Å². The summed E-state index contributed by atoms with van der Waals surface area (Å²) in [5, 5.41) is 1.08. The molecule has 0 radical (unpaired) electrons. The van der Waals surface area contributed by atoms with Crippen molar-refractivity contribution in [3.05, 3.63) is 34.4 Å². The molecule has 1 saturated heterocycles. The molecular weight excluding hydrogens is 304 g/mol. The molecule has 0 saturated carbocycles. The highest BCUT2D eigenvalue weighted by Gasteiger charge is 2.25. The molecule has 4 heteroatoms. The number of rotatable bonds is 1. The van der Waals surface area contributed by atoms with E-state index in [1.807, 2.05) is 29.2 Å². The van der Waals surface area contributed by atoms with E-state index in [9.17, 15) is 4.79 Å². The van der Waals surface area contributed by atoms with Crippen molar-refractivity contribution in [2.24, 2.45) is 0 Å². The third-order valence-corrected chi connectivity index (χ3v) is 4.37. The molecule has 1 amide bonds. The predicted octanol–water partition coefficient (Wildman–Crippen LogP) is 3.95. The number of hydrogen-bond acceptors (Lipinski definition) is 1. The van der Waals surface area contributed by atoms with E-state index in [-0.39, 0.29) is 5.91 Å². The summed E-state index contributed by atoms with van der Waals surface area (Å²) in [6, 6.07) is 8.32. The van der Waals surface area contributed by atoms with E-state index in [4.69, 9.17) is 0 Å². The molecule has 3 nitrogen and oxygen atoms in total. The van der Waals surface area contributed by atoms with Crippen molar-refractivity contribution in [2.75, 3.05) is 6.54 Å². The van der Waals surface area contributed by atoms with Crippen molar-refractivity contribution in [3.8, 4) is 0 Å². The van der Waals surface area contributed by atoms with Crippen LogP contribution in [0.1, 0.15) is 36.7 Å². The van der Waals surface area contributed by atoms with E-state index in [2.05, 4.69) is 27.8 Å². The second kappa shape index (κ2) is 5.00. The first-order valence-electron chi connectivity index (χ1n) is 6.74. The zero-order valence-electron chi connectivity index (χ0n) is 10.9. The van der Waals surface area contributed by atoms with Gasteiger partial charge in [-0.25, -0.2) is 0 Å². The number of fused-ring (bicyclic) bond motifs is 1. The number of nitrogens with zero attached hydrogens (tertiary/aromatic N) is 1. The minimum atomic E-state index is 0.125. The van der Waals surface area contributed by atoms with Gasteiger partial charge in [-0.15, -0.1) is 0 Å². The molecule has 1 unspecified atom stereocenters. The summed E-state index contributed by atoms with van der Waals surface area (Å²) in [6.45, 7) is 3.01. The normalized spacial score (nSPS) is 19.9. The number of nitrogens with one attached hydrogen (secondary N) is 1. The Bertz CT molecular complexity index is 620. The topological polar surface area (TPSA) is 36.1 Å². The number of hydrogen-bond donors (Lipinski definition) is 1. The quantitative estimate of drug-likeness (QED) is 0.848. The first kappa shape index (κ1) is 12.7. The number of carbonyl (C=O) groups excluding carboxylic acids is 1. The van der Waals surface area contributed by atoms with Crippen LogP contribution in [0.2, 0.25) is 0 Å². The number of piperidine rings is 1. The molecule has 2 aromatic rings. The Hall–Kier alpha value is -1.29. The summed E-state index contributed by atoms with van der Waals surface area (Å²) < 4.78 is 1.02. The van der Waals surface area contributed by atoms with Crippen LogP contribution in [-0.2, 0) is 0 Å². The SMILES string of the molecule is CC1CCCCN1C(=O)c1cc2ccc(Br)cc2[nH]1. The fourth-order valence-corrected chi connectivity index (χ4v) is 3.13. The Balaban J connectivity index is 1.92. The highest BCUT2D eigenvalue weighted by atomic mass is 79.9. The van der Waals surface area contributed by atoms with E-state index in [0.717, 1.165) is 34.8 Å². The van der Waals surface area contributed by atoms with Crippen LogP contribution in [0.5, 0.6) is 0 Å². The highest BCUT2D eigenvalue weighted by Crippen LogP contribution is 2.23. The minimum absolute atomic E-state index is 0.125. The standard InChI is InChI=1S/C15H17BrN2O/c1-10-4-2-3-7-18(10)15(19)14-8-11-5-6-12(16)9-13(11)17-14/h5-6,8-10,17H,2-4,7H2,1H3. The lowest BCUT2D eigenvalue weighted by atomic mass is 10.0. The van der Waals surface area contributed by atoms with Gasteiger partial charge < -0.3 is 9.88 Å². The predicted molar refractivity (Wildman–Crippen MR) is 80.3 cm³/mol. The fraction of sp³-hybridized carbons (Fsp3) is 0.400. The lowest BCUT2D eigenvalue weighted by Crippen LogP contribution is -2.42. The maximum absolute atomic E-state index is 12.5. The second-order valence-electron chi connectivity index (χ2n) is 5.26. The van der Waals surface area contributed by atoms with Gasteiger partial charge in [-0.1, -0.05) is 22.0 Å². The van der Waals surface area contributed by atoms with Gasteiger partial charge in [0.2, 0.25) is 0 Å². The van der Waals surface area contributed by atoms with Gasteiger partial charge in [0.05, 0.1) is 0 Å². The molecule has 100 valence electrons. The van der Waals surface area contributed by atoms with Crippen LogP contribution in [0.3, 0.4) is 0 Å². The number of halogens is 1. The summed E-state index contributed by atoms with van der Waals surface area (Å²) in [6.07, 6.45) is 3.45. The molecule has 0 spiro atoms. The molecule has 1 aromatic carbocycles. The molecule has 3 rings (SSSR count). The van der Waals surface area contributed by atoms with Crippen LogP contribution in [-0.4, -0.2) is 28.4 Å². The van der Waals surface area contributed by atoms with Gasteiger partial charge >= 0.3 is 0 Å². The highest BCUT2D eigenvalue weighted by molar-refractivity contribution is 9.10. The Morgan fingerprint density at radius 2 is 2.21 bits per heavy atom. The smallest absolute Gasteiger partial charge is 0.270 e. The van der Waals surface area contributed by atoms with Crippen molar-refractivity contribution >= 4 is 32.7 Å². The number of likely N-dealkylation sites (tertiary alicyclic amines) is 1. The average Bonchev–Trinajstić information content (AvgIpc) is 2.81. The van der Waals surface area contributed by atoms with E-state index >= 15 is 0 Å². The van der Waals surface area contributed by atoms with Crippen LogP contribution in [0.25, 0.3) is 10.9 Å². The van der Waals surface area contributed by atoms with E-state index in [0.29, 0.717) is 11.7 Å². The maximum Gasteiger partial charge on any atom is 0.270 e. The Morgan fingerprint density at radius 1 is 1.37 bits per heavy atom. The van der Waals surface area contributed by atoms with Crippen molar-refractivity contribution in [3.63, 3.8) is 0 Å². The van der Waals surface area contributed by atoms with Crippen LogP contribution in [0.15, 0.2) is 28.7 Å². The first-order chi connectivity index (χ1) is 9.15. The van der Waals surface area contributed by atoms with Gasteiger partial charge in [0.15, 0.2) is 0 Å². The molecule has 1 atom stereocenters. The molecule has 2 heterocycles. The largest absolute Gasteiger partial charge is 0.350 e. The average molecular weight is 321 g/mol. The van der Waals surface area contributed by atoms with Gasteiger partial charge in [0.1, 0.15) is 5.69 Å². The molecule has 1 fully saturated rings. The molecule has 19 heavy (non-hydrogen) atoms. The van der Waals surface area contributed by atoms with Crippen molar-refractivity contribution in [1.29, 1.82) is 0 Å². The number of aromatic nitrogens is 1. The third kappa shape index (κ3) is 2.41. The molecule has 1 aliphatic rings. The number of benzene rings is 1. The Morgan fingerprint density at radius 3 is 3.00 bits per heavy atom. The number of amides is 1. The maximum atomic E-state index is 12.5. The molecule has 0 aliphatic carbocycles. The van der Waals surface area contributed by atoms with Crippen molar-refractivity contribution in [2.45, 2.75) is 32.2 Å². The zero-order valence-corrected chi connectivity index (χ0v) is 12.5. The van der Waals surface area contributed by atoms with Crippen LogP contribution < -0.4 is 0 Å². The summed E-state index contributed by atoms with van der Waals surface area (Å²) in [7, 11) is 0. The van der Waals surface area contributed by atoms with Crippen LogP contribution in [0.4, 0.5) is 0 Å². The molecule has 1 N–H and O–H groups in total. The van der Waals surface area contributed by atoms with Gasteiger partial charge in [-0.3, -0.25) is 4.79 Å². The fourth-order valence-electron chi connectivity index (χ4n) is 2.77. The molecule has 0 bridgehead atoms. The first-order valence-corrected chi connectivity index (χ1v) is 7.54. The lowest BCUT2D eigenvalue weighted by molar-refractivity contribution is 0.0630. The van der Waals surface area contributed by atoms with E-state index in [1.54, 1.807) is 0 Å².